The van der Waals surface area contributed by atoms with Gasteiger partial charge in [-0.2, -0.15) is 0 Å². The average molecular weight is 354 g/mol. The number of amides is 1. The summed E-state index contributed by atoms with van der Waals surface area (Å²) in [6.07, 6.45) is 1.94. The monoisotopic (exact) mass is 353 g/mol. The van der Waals surface area contributed by atoms with E-state index in [1.807, 2.05) is 6.92 Å². The van der Waals surface area contributed by atoms with Crippen LogP contribution in [0.15, 0.2) is 22.7 Å². The highest BCUT2D eigenvalue weighted by Gasteiger charge is 2.39. The van der Waals surface area contributed by atoms with E-state index in [-0.39, 0.29) is 5.91 Å². The first-order valence-corrected chi connectivity index (χ1v) is 8.29. The molecule has 1 aliphatic heterocycles. The molecule has 0 aliphatic carbocycles. The molecule has 0 saturated carbocycles. The summed E-state index contributed by atoms with van der Waals surface area (Å²) in [5.74, 6) is -0.201. The maximum atomic E-state index is 11.6. The molecule has 1 aromatic rings. The normalized spacial score (nSPS) is 21.8. The first kappa shape index (κ1) is 16.3. The lowest BCUT2D eigenvalue weighted by Crippen LogP contribution is -2.37. The minimum absolute atomic E-state index is 0.201. The van der Waals surface area contributed by atoms with Gasteiger partial charge in [0.2, 0.25) is 5.91 Å². The molecular formula is C16H24BrN3O. The molecule has 1 saturated heterocycles. The van der Waals surface area contributed by atoms with E-state index in [2.05, 4.69) is 51.3 Å². The molecule has 4 nitrogen and oxygen atoms in total. The van der Waals surface area contributed by atoms with Gasteiger partial charge in [0.25, 0.3) is 0 Å². The van der Waals surface area contributed by atoms with Gasteiger partial charge in [-0.1, -0.05) is 22.9 Å². The summed E-state index contributed by atoms with van der Waals surface area (Å²) in [6, 6.07) is 6.33. The first-order valence-electron chi connectivity index (χ1n) is 7.50. The van der Waals surface area contributed by atoms with Gasteiger partial charge < -0.3 is 16.0 Å². The van der Waals surface area contributed by atoms with Gasteiger partial charge in [-0.3, -0.25) is 4.79 Å². The van der Waals surface area contributed by atoms with E-state index < -0.39 is 5.41 Å². The zero-order valence-electron chi connectivity index (χ0n) is 12.8. The maximum absolute atomic E-state index is 11.6. The molecule has 21 heavy (non-hydrogen) atoms. The van der Waals surface area contributed by atoms with E-state index in [0.29, 0.717) is 6.54 Å². The highest BCUT2D eigenvalue weighted by Crippen LogP contribution is 2.35. The zero-order chi connectivity index (χ0) is 15.5. The van der Waals surface area contributed by atoms with E-state index in [4.69, 9.17) is 5.73 Å². The van der Waals surface area contributed by atoms with Gasteiger partial charge >= 0.3 is 0 Å². The number of hydrogen-bond acceptors (Lipinski definition) is 3. The second kappa shape index (κ2) is 6.79. The van der Waals surface area contributed by atoms with Crippen LogP contribution in [0.4, 0.5) is 5.69 Å². The summed E-state index contributed by atoms with van der Waals surface area (Å²) in [5, 5.41) is 3.45. The third-order valence-electron chi connectivity index (χ3n) is 4.19. The number of nitrogens with zero attached hydrogens (tertiary/aromatic N) is 1. The van der Waals surface area contributed by atoms with Crippen LogP contribution in [0.25, 0.3) is 0 Å². The summed E-state index contributed by atoms with van der Waals surface area (Å²) >= 11 is 3.54. The van der Waals surface area contributed by atoms with Crippen molar-refractivity contribution in [3.63, 3.8) is 0 Å². The number of hydrogen-bond donors (Lipinski definition) is 2. The lowest BCUT2D eigenvalue weighted by Gasteiger charge is -2.25. The number of anilines is 1. The molecule has 0 aromatic heterocycles. The van der Waals surface area contributed by atoms with Crippen LogP contribution in [0.3, 0.4) is 0 Å². The van der Waals surface area contributed by atoms with Gasteiger partial charge in [-0.15, -0.1) is 0 Å². The quantitative estimate of drug-likeness (QED) is 0.773. The van der Waals surface area contributed by atoms with Gasteiger partial charge in [-0.05, 0) is 50.1 Å². The highest BCUT2D eigenvalue weighted by atomic mass is 79.9. The molecule has 1 fully saturated rings. The fourth-order valence-electron chi connectivity index (χ4n) is 2.77. The van der Waals surface area contributed by atoms with Crippen LogP contribution < -0.4 is 16.0 Å². The molecule has 5 heteroatoms. The summed E-state index contributed by atoms with van der Waals surface area (Å²) in [5.41, 5.74) is 7.59. The zero-order valence-corrected chi connectivity index (χ0v) is 14.4. The van der Waals surface area contributed by atoms with E-state index in [9.17, 15) is 4.79 Å². The lowest BCUT2D eigenvalue weighted by atomic mass is 9.89. The second-order valence-corrected chi connectivity index (χ2v) is 6.96. The van der Waals surface area contributed by atoms with Crippen molar-refractivity contribution in [2.24, 2.45) is 11.1 Å². The van der Waals surface area contributed by atoms with Crippen LogP contribution in [-0.2, 0) is 11.3 Å². The van der Waals surface area contributed by atoms with Crippen molar-refractivity contribution < 1.29 is 4.79 Å². The number of halogens is 1. The molecule has 116 valence electrons. The summed E-state index contributed by atoms with van der Waals surface area (Å²) < 4.78 is 1.08. The van der Waals surface area contributed by atoms with Crippen LogP contribution >= 0.6 is 15.9 Å². The molecular weight excluding hydrogens is 330 g/mol. The molecule has 0 radical (unpaired) electrons. The Morgan fingerprint density at radius 2 is 2.29 bits per heavy atom. The fourth-order valence-corrected chi connectivity index (χ4v) is 3.18. The van der Waals surface area contributed by atoms with Crippen molar-refractivity contribution in [1.82, 2.24) is 5.32 Å². The molecule has 0 spiro atoms. The van der Waals surface area contributed by atoms with E-state index in [1.165, 1.54) is 11.3 Å². The van der Waals surface area contributed by atoms with Crippen molar-refractivity contribution in [3.05, 3.63) is 28.2 Å². The Hall–Kier alpha value is -1.07. The topological polar surface area (TPSA) is 58.4 Å². The van der Waals surface area contributed by atoms with Crippen LogP contribution in [0.5, 0.6) is 0 Å². The molecule has 1 amide bonds. The van der Waals surface area contributed by atoms with Crippen molar-refractivity contribution in [2.45, 2.75) is 33.2 Å². The largest absolute Gasteiger partial charge is 0.370 e. The minimum Gasteiger partial charge on any atom is -0.370 e. The smallest absolute Gasteiger partial charge is 0.225 e. The Labute approximate surface area is 135 Å². The Morgan fingerprint density at radius 1 is 1.52 bits per heavy atom. The summed E-state index contributed by atoms with van der Waals surface area (Å²) in [4.78, 5) is 13.9. The van der Waals surface area contributed by atoms with Gasteiger partial charge in [0.1, 0.15) is 0 Å². The lowest BCUT2D eigenvalue weighted by molar-refractivity contribution is -0.125. The van der Waals surface area contributed by atoms with E-state index in [0.717, 1.165) is 36.9 Å². The second-order valence-electron chi connectivity index (χ2n) is 6.05. The van der Waals surface area contributed by atoms with Gasteiger partial charge in [-0.25, -0.2) is 0 Å². The molecule has 1 aromatic carbocycles. The molecule has 1 aliphatic rings. The van der Waals surface area contributed by atoms with E-state index >= 15 is 0 Å². The van der Waals surface area contributed by atoms with Crippen molar-refractivity contribution >= 4 is 27.5 Å². The summed E-state index contributed by atoms with van der Waals surface area (Å²) in [7, 11) is 0. The van der Waals surface area contributed by atoms with Gasteiger partial charge in [0.05, 0.1) is 5.41 Å². The minimum atomic E-state index is -0.415. The van der Waals surface area contributed by atoms with Crippen LogP contribution in [0, 0.1) is 5.41 Å². The SMILES string of the molecule is CCCNCc1cc(Br)ccc1N1CCC(C)(C(N)=O)C1. The molecule has 2 rings (SSSR count). The van der Waals surface area contributed by atoms with Crippen LogP contribution in [0.1, 0.15) is 32.3 Å². The molecule has 3 N–H and O–H groups in total. The molecule has 1 heterocycles. The number of carbonyl (C=O) groups excluding carboxylic acids is 1. The number of primary amides is 1. The van der Waals surface area contributed by atoms with Crippen LogP contribution in [-0.4, -0.2) is 25.5 Å². The standard InChI is InChI=1S/C16H24BrN3O/c1-3-7-19-10-12-9-13(17)4-5-14(12)20-8-6-16(2,11-20)15(18)21/h4-5,9,19H,3,6-8,10-11H2,1-2H3,(H2,18,21). The van der Waals surface area contributed by atoms with Gasteiger partial charge in [0, 0.05) is 29.8 Å². The van der Waals surface area contributed by atoms with Gasteiger partial charge in [0.15, 0.2) is 0 Å². The Kier molecular flexibility index (Phi) is 5.27. The van der Waals surface area contributed by atoms with Crippen molar-refractivity contribution in [1.29, 1.82) is 0 Å². The Balaban J connectivity index is 2.18. The molecule has 1 atom stereocenters. The number of nitrogens with one attached hydrogen (secondary N) is 1. The fraction of sp³-hybridized carbons (Fsp3) is 0.562. The number of rotatable bonds is 6. The number of benzene rings is 1. The van der Waals surface area contributed by atoms with Crippen molar-refractivity contribution in [2.75, 3.05) is 24.5 Å². The van der Waals surface area contributed by atoms with Crippen molar-refractivity contribution in [3.8, 4) is 0 Å². The first-order chi connectivity index (χ1) is 9.96. The Morgan fingerprint density at radius 3 is 2.90 bits per heavy atom. The Bertz CT molecular complexity index is 520. The number of carbonyl (C=O) groups is 1. The predicted molar refractivity (Wildman–Crippen MR) is 90.3 cm³/mol. The van der Waals surface area contributed by atoms with Crippen LogP contribution in [0.2, 0.25) is 0 Å². The van der Waals surface area contributed by atoms with E-state index in [1.54, 1.807) is 0 Å². The molecule has 1 unspecified atom stereocenters. The number of nitrogens with two attached hydrogens (primary N) is 1. The average Bonchev–Trinajstić information content (AvgIpc) is 2.83. The third kappa shape index (κ3) is 3.77. The third-order valence-corrected chi connectivity index (χ3v) is 4.69. The highest BCUT2D eigenvalue weighted by molar-refractivity contribution is 9.10. The molecule has 0 bridgehead atoms. The maximum Gasteiger partial charge on any atom is 0.225 e. The predicted octanol–water partition coefficient (Wildman–Crippen LogP) is 2.65. The summed E-state index contributed by atoms with van der Waals surface area (Å²) in [6.45, 7) is 7.54.